The van der Waals surface area contributed by atoms with Crippen molar-refractivity contribution in [3.05, 3.63) is 285 Å². The molecule has 0 spiro atoms. The van der Waals surface area contributed by atoms with E-state index in [1.807, 2.05) is 85.1 Å². The van der Waals surface area contributed by atoms with Crippen LogP contribution in [0.25, 0.3) is 72.3 Å². The SMILES string of the molecule is [2H]c1c([2H])c([2H])c(-c2cccc(-c3c([2H])c([2H])c([2H])c([2H])c3[2H])c2-[n+]2[c-]n(-c3cccc(Oc4ccc5c6cc(O[Si](c7ccccc7)(c7ccccc7)c7ccccc7)ccc6n(-c6cc(C(C)(C)C)ccn6)c5c4)c3)c3ccccc32)c([2H])c1[2H]. The lowest BCUT2D eigenvalue weighted by atomic mass is 9.88. The lowest BCUT2D eigenvalue weighted by Crippen LogP contribution is -2.71. The van der Waals surface area contributed by atoms with Gasteiger partial charge >= 0.3 is 8.32 Å². The summed E-state index contributed by atoms with van der Waals surface area (Å²) in [6.45, 7) is 6.55. The van der Waals surface area contributed by atoms with Gasteiger partial charge < -0.3 is 9.16 Å². The topological polar surface area (TPSA) is 45.1 Å². The quantitative estimate of drug-likeness (QED) is 0.0530. The molecule has 10 aromatic carbocycles. The minimum absolute atomic E-state index is 0.140. The maximum absolute atomic E-state index is 9.11. The molecule has 0 atom stereocenters. The van der Waals surface area contributed by atoms with Gasteiger partial charge in [0, 0.05) is 23.0 Å². The molecule has 13 aromatic rings. The largest absolute Gasteiger partial charge is 0.530 e. The Morgan fingerprint density at radius 2 is 1.09 bits per heavy atom. The Morgan fingerprint density at radius 3 is 1.73 bits per heavy atom. The van der Waals surface area contributed by atoms with Crippen LogP contribution in [0.4, 0.5) is 0 Å². The van der Waals surface area contributed by atoms with Crippen molar-refractivity contribution in [1.82, 2.24) is 14.1 Å². The van der Waals surface area contributed by atoms with E-state index in [4.69, 9.17) is 27.9 Å². The molecule has 0 N–H and O–H groups in total. The molecule has 0 aliphatic carbocycles. The molecular weight excluding hydrogens is 957 g/mol. The minimum Gasteiger partial charge on any atom is -0.530 e. The van der Waals surface area contributed by atoms with Crippen LogP contribution in [-0.2, 0) is 5.41 Å². The number of rotatable bonds is 12. The van der Waals surface area contributed by atoms with Gasteiger partial charge in [-0.1, -0.05) is 221 Å². The average Bonchev–Trinajstić information content (AvgIpc) is 1.80. The van der Waals surface area contributed by atoms with Crippen molar-refractivity contribution in [2.75, 3.05) is 0 Å². The number of aromatic nitrogens is 4. The first-order valence-corrected chi connectivity index (χ1v) is 27.3. The molecule has 0 aliphatic rings. The number of hydrogen-bond donors (Lipinski definition) is 0. The third kappa shape index (κ3) is 8.66. The standard InChI is InChI=1S/C70H54N4O2Si/c1-70(2,3)52-43-44-71-68(45-52)74-64-42-40-56(76-77(57-29-13-6-14-30-57,58-31-15-7-16-32-58)59-33-17-8-18-34-59)47-63(64)62-41-39-55(48-67(62)74)75-54-28-21-27-53(46-54)72-49-73(66-38-20-19-37-65(66)72)69-60(50-23-9-4-10-24-50)35-22-36-61(69)51-25-11-5-12-26-51/h4-48H,1-3H3/i4D,5D,9D,10D,11D,12D,23D,24D,25D,26D. The Labute approximate surface area is 464 Å². The molecule has 0 saturated heterocycles. The maximum Gasteiger partial charge on any atom is 0.346 e. The number of fused-ring (bicyclic) bond motifs is 4. The number of nitrogens with zero attached hydrogens (tertiary/aromatic N) is 4. The molecule has 77 heavy (non-hydrogen) atoms. The monoisotopic (exact) mass is 1020 g/mol. The van der Waals surface area contributed by atoms with E-state index in [1.165, 1.54) is 0 Å². The van der Waals surface area contributed by atoms with Crippen molar-refractivity contribution in [2.24, 2.45) is 0 Å². The van der Waals surface area contributed by atoms with E-state index in [0.717, 1.165) is 54.5 Å². The van der Waals surface area contributed by atoms with E-state index in [2.05, 4.69) is 141 Å². The molecule has 370 valence electrons. The Bertz CT molecular complexity index is 4640. The van der Waals surface area contributed by atoms with Gasteiger partial charge in [0.05, 0.1) is 47.1 Å². The molecular formula is C70H54N4O2Si. The molecule has 13 rings (SSSR count). The van der Waals surface area contributed by atoms with Crippen molar-refractivity contribution in [2.45, 2.75) is 26.2 Å². The van der Waals surface area contributed by atoms with Crippen molar-refractivity contribution in [1.29, 1.82) is 0 Å². The summed E-state index contributed by atoms with van der Waals surface area (Å²) >= 11 is 0. The fraction of sp³-hybridized carbons (Fsp3) is 0.0571. The summed E-state index contributed by atoms with van der Waals surface area (Å²) in [7, 11) is -3.18. The molecule has 0 saturated carbocycles. The van der Waals surface area contributed by atoms with Crippen LogP contribution in [-0.4, -0.2) is 22.4 Å². The molecule has 3 heterocycles. The summed E-state index contributed by atoms with van der Waals surface area (Å²) in [5, 5.41) is 5.25. The van der Waals surface area contributed by atoms with Crippen molar-refractivity contribution >= 4 is 56.7 Å². The van der Waals surface area contributed by atoms with Crippen LogP contribution in [0.5, 0.6) is 17.2 Å². The third-order valence-electron chi connectivity index (χ3n) is 14.0. The number of benzene rings is 10. The second-order valence-electron chi connectivity index (χ2n) is 19.8. The highest BCUT2D eigenvalue weighted by Crippen LogP contribution is 2.39. The molecule has 0 aliphatic heterocycles. The van der Waals surface area contributed by atoms with Gasteiger partial charge in [0.25, 0.3) is 6.33 Å². The first-order valence-electron chi connectivity index (χ1n) is 30.4. The number of imidazole rings is 1. The van der Waals surface area contributed by atoms with E-state index in [9.17, 15) is 0 Å². The first-order chi connectivity index (χ1) is 41.9. The highest BCUT2D eigenvalue weighted by molar-refractivity contribution is 7.07. The van der Waals surface area contributed by atoms with Gasteiger partial charge in [-0.05, 0) is 109 Å². The smallest absolute Gasteiger partial charge is 0.346 e. The fourth-order valence-corrected chi connectivity index (χ4v) is 14.2. The Hall–Kier alpha value is -9.56. The summed E-state index contributed by atoms with van der Waals surface area (Å²) in [5.74, 6) is 2.49. The zero-order valence-corrected chi connectivity index (χ0v) is 43.3. The Balaban J connectivity index is 0.953. The van der Waals surface area contributed by atoms with Gasteiger partial charge in [-0.2, -0.15) is 0 Å². The first kappa shape index (κ1) is 37.2. The molecule has 7 heteroatoms. The Kier molecular flexibility index (Phi) is 9.48. The zero-order valence-electron chi connectivity index (χ0n) is 52.3. The van der Waals surface area contributed by atoms with Crippen molar-refractivity contribution in [3.8, 4) is 56.7 Å². The van der Waals surface area contributed by atoms with Crippen LogP contribution >= 0.6 is 0 Å². The predicted molar refractivity (Wildman–Crippen MR) is 316 cm³/mol. The van der Waals surface area contributed by atoms with Crippen molar-refractivity contribution in [3.63, 3.8) is 0 Å². The van der Waals surface area contributed by atoms with Gasteiger partial charge in [0.15, 0.2) is 0 Å². The molecule has 0 radical (unpaired) electrons. The van der Waals surface area contributed by atoms with Gasteiger partial charge in [-0.3, -0.25) is 13.7 Å². The van der Waals surface area contributed by atoms with Crippen molar-refractivity contribution < 1.29 is 27.4 Å². The number of hydrogen-bond acceptors (Lipinski definition) is 3. The second kappa shape index (κ2) is 19.6. The Morgan fingerprint density at radius 1 is 0.506 bits per heavy atom. The molecule has 0 unspecified atom stereocenters. The van der Waals surface area contributed by atoms with E-state index in [1.54, 1.807) is 27.3 Å². The van der Waals surface area contributed by atoms with E-state index >= 15 is 0 Å². The van der Waals surface area contributed by atoms with E-state index in [0.29, 0.717) is 28.2 Å². The van der Waals surface area contributed by atoms with Gasteiger partial charge in [-0.15, -0.1) is 0 Å². The summed E-state index contributed by atoms with van der Waals surface area (Å²) in [4.78, 5) is 4.99. The molecule has 3 aromatic heterocycles. The summed E-state index contributed by atoms with van der Waals surface area (Å²) in [5.41, 5.74) is 4.71. The molecule has 6 nitrogen and oxygen atoms in total. The summed E-state index contributed by atoms with van der Waals surface area (Å²) < 4.78 is 108. The second-order valence-corrected chi connectivity index (χ2v) is 23.1. The van der Waals surface area contributed by atoms with Crippen LogP contribution in [0.2, 0.25) is 0 Å². The van der Waals surface area contributed by atoms with Crippen LogP contribution in [0.1, 0.15) is 40.0 Å². The number of para-hydroxylation sites is 3. The minimum atomic E-state index is -3.18. The predicted octanol–water partition coefficient (Wildman–Crippen LogP) is 14.7. The van der Waals surface area contributed by atoms with Crippen LogP contribution < -0.4 is 29.3 Å². The highest BCUT2D eigenvalue weighted by atomic mass is 28.4. The summed E-state index contributed by atoms with van der Waals surface area (Å²) in [6.07, 6.45) is 5.33. The van der Waals surface area contributed by atoms with Gasteiger partial charge in [0.1, 0.15) is 23.1 Å². The van der Waals surface area contributed by atoms with E-state index < -0.39 is 68.7 Å². The van der Waals surface area contributed by atoms with E-state index in [-0.39, 0.29) is 33.4 Å². The van der Waals surface area contributed by atoms with Gasteiger partial charge in [0.2, 0.25) is 0 Å². The fourth-order valence-electron chi connectivity index (χ4n) is 10.4. The van der Waals surface area contributed by atoms with Crippen LogP contribution in [0.3, 0.4) is 0 Å². The van der Waals surface area contributed by atoms with Crippen LogP contribution in [0, 0.1) is 6.33 Å². The molecule has 0 bridgehead atoms. The number of pyridine rings is 1. The lowest BCUT2D eigenvalue weighted by Gasteiger charge is -2.33. The molecule has 0 fully saturated rings. The van der Waals surface area contributed by atoms with Gasteiger partial charge in [-0.25, -0.2) is 4.98 Å². The lowest BCUT2D eigenvalue weighted by molar-refractivity contribution is -0.571. The highest BCUT2D eigenvalue weighted by Gasteiger charge is 2.44. The number of ether oxygens (including phenoxy) is 1. The van der Waals surface area contributed by atoms with Crippen LogP contribution in [0.15, 0.2) is 273 Å². The maximum atomic E-state index is 9.11. The molecule has 0 amide bonds. The summed E-state index contributed by atoms with van der Waals surface area (Å²) in [6, 6.07) is 62.4. The zero-order chi connectivity index (χ0) is 60.6. The average molecular weight is 1020 g/mol. The third-order valence-corrected chi connectivity index (χ3v) is 18.0. The normalized spacial score (nSPS) is 13.6.